The second kappa shape index (κ2) is 8.17. The number of carbonyl (C=O) groups excluding carboxylic acids is 1. The summed E-state index contributed by atoms with van der Waals surface area (Å²) in [6.45, 7) is 12.8. The lowest BCUT2D eigenvalue weighted by Gasteiger charge is -2.24. The fraction of sp³-hybridized carbons (Fsp3) is 0.800. The number of carbonyl (C=O) groups is 1. The number of rotatable bonds is 7. The van der Waals surface area contributed by atoms with Gasteiger partial charge in [-0.2, -0.15) is 0 Å². The van der Waals surface area contributed by atoms with Crippen molar-refractivity contribution >= 4 is 6.09 Å². The quantitative estimate of drug-likeness (QED) is 0.689. The number of hydrogen-bond donors (Lipinski definition) is 1. The first-order valence-corrected chi connectivity index (χ1v) is 6.85. The van der Waals surface area contributed by atoms with E-state index in [-0.39, 0.29) is 11.6 Å². The minimum absolute atomic E-state index is 0.192. The lowest BCUT2D eigenvalue weighted by molar-refractivity contribution is 0.119. The van der Waals surface area contributed by atoms with Crippen molar-refractivity contribution in [3.8, 4) is 0 Å². The maximum atomic E-state index is 11.6. The predicted octanol–water partition coefficient (Wildman–Crippen LogP) is 4.28. The van der Waals surface area contributed by atoms with Crippen LogP contribution in [-0.2, 0) is 4.74 Å². The molecule has 1 atom stereocenters. The highest BCUT2D eigenvalue weighted by molar-refractivity contribution is 5.68. The minimum atomic E-state index is -0.309. The SMILES string of the molecule is CCC(C)(C)NC(=O)OC[C@H](C)CCC=C(C)C. The van der Waals surface area contributed by atoms with Gasteiger partial charge in [0.2, 0.25) is 0 Å². The van der Waals surface area contributed by atoms with Gasteiger partial charge in [0.05, 0.1) is 6.61 Å². The second-order valence-electron chi connectivity index (χ2n) is 5.92. The number of allylic oxidation sites excluding steroid dienone is 2. The van der Waals surface area contributed by atoms with Crippen molar-refractivity contribution in [1.82, 2.24) is 5.32 Å². The number of amides is 1. The molecule has 0 heterocycles. The molecule has 0 radical (unpaired) electrons. The first kappa shape index (κ1) is 17.0. The Morgan fingerprint density at radius 2 is 2.00 bits per heavy atom. The van der Waals surface area contributed by atoms with Crippen LogP contribution in [0.3, 0.4) is 0 Å². The van der Waals surface area contributed by atoms with Crippen LogP contribution in [0.5, 0.6) is 0 Å². The summed E-state index contributed by atoms with van der Waals surface area (Å²) in [6, 6.07) is 0. The third kappa shape index (κ3) is 9.08. The molecule has 1 N–H and O–H groups in total. The molecule has 0 saturated carbocycles. The highest BCUT2D eigenvalue weighted by Gasteiger charge is 2.18. The number of nitrogens with one attached hydrogen (secondary N) is 1. The largest absolute Gasteiger partial charge is 0.449 e. The van der Waals surface area contributed by atoms with Crippen molar-refractivity contribution in [3.05, 3.63) is 11.6 Å². The average Bonchev–Trinajstić information content (AvgIpc) is 2.25. The molecule has 0 aliphatic rings. The van der Waals surface area contributed by atoms with Crippen LogP contribution in [0.25, 0.3) is 0 Å². The van der Waals surface area contributed by atoms with Gasteiger partial charge < -0.3 is 10.1 Å². The van der Waals surface area contributed by atoms with Crippen LogP contribution in [0, 0.1) is 5.92 Å². The summed E-state index contributed by atoms with van der Waals surface area (Å²) in [5.41, 5.74) is 1.15. The van der Waals surface area contributed by atoms with Crippen molar-refractivity contribution in [3.63, 3.8) is 0 Å². The molecule has 0 bridgehead atoms. The Morgan fingerprint density at radius 1 is 1.39 bits per heavy atom. The maximum absolute atomic E-state index is 11.6. The predicted molar refractivity (Wildman–Crippen MR) is 76.7 cm³/mol. The van der Waals surface area contributed by atoms with E-state index >= 15 is 0 Å². The van der Waals surface area contributed by atoms with Gasteiger partial charge in [0.25, 0.3) is 0 Å². The summed E-state index contributed by atoms with van der Waals surface area (Å²) < 4.78 is 5.23. The van der Waals surface area contributed by atoms with Crippen LogP contribution in [0.1, 0.15) is 60.8 Å². The van der Waals surface area contributed by atoms with Gasteiger partial charge in [0.15, 0.2) is 0 Å². The van der Waals surface area contributed by atoms with E-state index in [1.54, 1.807) is 0 Å². The maximum Gasteiger partial charge on any atom is 0.407 e. The van der Waals surface area contributed by atoms with Crippen LogP contribution >= 0.6 is 0 Å². The van der Waals surface area contributed by atoms with Gasteiger partial charge in [-0.15, -0.1) is 0 Å². The summed E-state index contributed by atoms with van der Waals surface area (Å²) >= 11 is 0. The van der Waals surface area contributed by atoms with Crippen LogP contribution in [0.4, 0.5) is 4.79 Å². The van der Waals surface area contributed by atoms with Crippen LogP contribution < -0.4 is 5.32 Å². The first-order valence-electron chi connectivity index (χ1n) is 6.85. The Bertz CT molecular complexity index is 278. The zero-order chi connectivity index (χ0) is 14.2. The highest BCUT2D eigenvalue weighted by atomic mass is 16.5. The molecule has 3 nitrogen and oxygen atoms in total. The van der Waals surface area contributed by atoms with E-state index < -0.39 is 0 Å². The van der Waals surface area contributed by atoms with E-state index in [9.17, 15) is 4.79 Å². The van der Waals surface area contributed by atoms with Gasteiger partial charge in [0.1, 0.15) is 0 Å². The molecule has 18 heavy (non-hydrogen) atoms. The molecule has 3 heteroatoms. The molecule has 1 amide bonds. The smallest absolute Gasteiger partial charge is 0.407 e. The lowest BCUT2D eigenvalue weighted by atomic mass is 10.0. The zero-order valence-corrected chi connectivity index (χ0v) is 12.8. The van der Waals surface area contributed by atoms with Crippen molar-refractivity contribution in [2.24, 2.45) is 5.92 Å². The minimum Gasteiger partial charge on any atom is -0.449 e. The first-order chi connectivity index (χ1) is 8.26. The molecule has 0 spiro atoms. The molecule has 0 unspecified atom stereocenters. The van der Waals surface area contributed by atoms with Crippen molar-refractivity contribution in [2.75, 3.05) is 6.61 Å². The molecule has 0 rings (SSSR count). The monoisotopic (exact) mass is 255 g/mol. The average molecular weight is 255 g/mol. The molecule has 0 saturated heterocycles. The Balaban J connectivity index is 3.82. The molecular weight excluding hydrogens is 226 g/mol. The van der Waals surface area contributed by atoms with E-state index in [1.807, 2.05) is 20.8 Å². The zero-order valence-electron chi connectivity index (χ0n) is 12.8. The molecule has 0 aliphatic heterocycles. The third-order valence-electron chi connectivity index (χ3n) is 3.04. The van der Waals surface area contributed by atoms with E-state index in [1.165, 1.54) is 5.57 Å². The van der Waals surface area contributed by atoms with Crippen LogP contribution in [0.2, 0.25) is 0 Å². The molecule has 0 aromatic rings. The topological polar surface area (TPSA) is 38.3 Å². The molecule has 106 valence electrons. The Hall–Kier alpha value is -0.990. The standard InChI is InChI=1S/C15H29NO2/c1-7-15(5,6)16-14(17)18-11-13(4)10-8-9-12(2)3/h9,13H,7-8,10-11H2,1-6H3,(H,16,17)/t13-/m1/s1. The van der Waals surface area contributed by atoms with Crippen molar-refractivity contribution in [2.45, 2.75) is 66.3 Å². The van der Waals surface area contributed by atoms with Gasteiger partial charge in [-0.05, 0) is 52.9 Å². The van der Waals surface area contributed by atoms with E-state index in [0.29, 0.717) is 12.5 Å². The summed E-state index contributed by atoms with van der Waals surface area (Å²) in [5.74, 6) is 0.399. The Kier molecular flexibility index (Phi) is 7.72. The molecular formula is C15H29NO2. The Morgan fingerprint density at radius 3 is 2.50 bits per heavy atom. The summed E-state index contributed by atoms with van der Waals surface area (Å²) in [4.78, 5) is 11.6. The summed E-state index contributed by atoms with van der Waals surface area (Å²) in [7, 11) is 0. The molecule has 0 fully saturated rings. The lowest BCUT2D eigenvalue weighted by Crippen LogP contribution is -2.43. The number of hydrogen-bond acceptors (Lipinski definition) is 2. The normalized spacial score (nSPS) is 12.8. The fourth-order valence-electron chi connectivity index (χ4n) is 1.36. The van der Waals surface area contributed by atoms with Crippen LogP contribution in [-0.4, -0.2) is 18.2 Å². The highest BCUT2D eigenvalue weighted by Crippen LogP contribution is 2.10. The van der Waals surface area contributed by atoms with E-state index in [4.69, 9.17) is 4.74 Å². The fourth-order valence-corrected chi connectivity index (χ4v) is 1.36. The summed E-state index contributed by atoms with van der Waals surface area (Å²) in [6.07, 6.45) is 4.90. The van der Waals surface area contributed by atoms with E-state index in [0.717, 1.165) is 19.3 Å². The number of alkyl carbamates (subject to hydrolysis) is 1. The summed E-state index contributed by atoms with van der Waals surface area (Å²) in [5, 5.41) is 2.86. The third-order valence-corrected chi connectivity index (χ3v) is 3.04. The van der Waals surface area contributed by atoms with Crippen molar-refractivity contribution < 1.29 is 9.53 Å². The molecule has 0 aliphatic carbocycles. The van der Waals surface area contributed by atoms with Crippen molar-refractivity contribution in [1.29, 1.82) is 0 Å². The van der Waals surface area contributed by atoms with Gasteiger partial charge >= 0.3 is 6.09 Å². The van der Waals surface area contributed by atoms with Gasteiger partial charge in [-0.3, -0.25) is 0 Å². The number of ether oxygens (including phenoxy) is 1. The van der Waals surface area contributed by atoms with Crippen LogP contribution in [0.15, 0.2) is 11.6 Å². The van der Waals surface area contributed by atoms with E-state index in [2.05, 4.69) is 32.2 Å². The van der Waals surface area contributed by atoms with Gasteiger partial charge in [0, 0.05) is 5.54 Å². The van der Waals surface area contributed by atoms with Gasteiger partial charge in [-0.1, -0.05) is 25.5 Å². The molecule has 0 aromatic heterocycles. The Labute approximate surface area is 112 Å². The second-order valence-corrected chi connectivity index (χ2v) is 5.92. The molecule has 0 aromatic carbocycles. The van der Waals surface area contributed by atoms with Gasteiger partial charge in [-0.25, -0.2) is 4.79 Å².